The highest BCUT2D eigenvalue weighted by Gasteiger charge is 2.05. The Bertz CT molecular complexity index is 595. The van der Waals surface area contributed by atoms with Crippen LogP contribution in [0.2, 0.25) is 0 Å². The standard InChI is InChI=1S/C14H12N2O2S/c17-8-1-2-11-3-5-12(6-4-11)14(18)16-10-13-15-7-9-19-13/h3-7,9,17H,8,10H2,(H,16,18). The molecule has 2 aromatic rings. The van der Waals surface area contributed by atoms with E-state index in [1.165, 1.54) is 11.3 Å². The molecule has 0 spiro atoms. The van der Waals surface area contributed by atoms with Crippen LogP contribution < -0.4 is 5.32 Å². The van der Waals surface area contributed by atoms with Gasteiger partial charge >= 0.3 is 0 Å². The van der Waals surface area contributed by atoms with Gasteiger partial charge in [0.2, 0.25) is 0 Å². The minimum atomic E-state index is -0.171. The molecule has 0 aliphatic carbocycles. The molecule has 1 amide bonds. The van der Waals surface area contributed by atoms with Crippen LogP contribution in [0.25, 0.3) is 0 Å². The number of aromatic nitrogens is 1. The molecular weight excluding hydrogens is 260 g/mol. The first-order valence-electron chi connectivity index (χ1n) is 5.66. The first kappa shape index (κ1) is 13.3. The van der Waals surface area contributed by atoms with Gasteiger partial charge in [-0.3, -0.25) is 4.79 Å². The number of thiazole rings is 1. The molecule has 1 aromatic carbocycles. The van der Waals surface area contributed by atoms with Gasteiger partial charge in [-0.25, -0.2) is 4.98 Å². The van der Waals surface area contributed by atoms with Gasteiger partial charge < -0.3 is 10.4 Å². The van der Waals surface area contributed by atoms with E-state index >= 15 is 0 Å². The van der Waals surface area contributed by atoms with Crippen LogP contribution in [0.3, 0.4) is 0 Å². The van der Waals surface area contributed by atoms with Gasteiger partial charge in [0.15, 0.2) is 0 Å². The van der Waals surface area contributed by atoms with Crippen molar-refractivity contribution in [3.05, 3.63) is 52.0 Å². The lowest BCUT2D eigenvalue weighted by atomic mass is 10.1. The number of hydrogen-bond acceptors (Lipinski definition) is 4. The van der Waals surface area contributed by atoms with Crippen molar-refractivity contribution in [2.75, 3.05) is 6.61 Å². The van der Waals surface area contributed by atoms with Crippen LogP contribution in [0, 0.1) is 11.8 Å². The van der Waals surface area contributed by atoms with Gasteiger partial charge in [0, 0.05) is 22.7 Å². The molecule has 2 rings (SSSR count). The molecule has 0 atom stereocenters. The Morgan fingerprint density at radius 3 is 2.79 bits per heavy atom. The summed E-state index contributed by atoms with van der Waals surface area (Å²) in [4.78, 5) is 15.9. The predicted octanol–water partition coefficient (Wildman–Crippen LogP) is 1.42. The Labute approximate surface area is 115 Å². The van der Waals surface area contributed by atoms with Gasteiger partial charge in [-0.1, -0.05) is 11.8 Å². The molecule has 1 heterocycles. The van der Waals surface area contributed by atoms with Crippen LogP contribution in [0.5, 0.6) is 0 Å². The van der Waals surface area contributed by atoms with Gasteiger partial charge in [0.1, 0.15) is 11.6 Å². The summed E-state index contributed by atoms with van der Waals surface area (Å²) in [6, 6.07) is 6.92. The van der Waals surface area contributed by atoms with Crippen molar-refractivity contribution in [2.45, 2.75) is 6.54 Å². The molecule has 0 saturated heterocycles. The van der Waals surface area contributed by atoms with Crippen LogP contribution in [-0.4, -0.2) is 22.6 Å². The van der Waals surface area contributed by atoms with E-state index in [0.29, 0.717) is 12.1 Å². The summed E-state index contributed by atoms with van der Waals surface area (Å²) in [6.07, 6.45) is 1.71. The van der Waals surface area contributed by atoms with E-state index in [-0.39, 0.29) is 12.5 Å². The molecule has 0 radical (unpaired) electrons. The maximum Gasteiger partial charge on any atom is 0.251 e. The third-order valence-electron chi connectivity index (χ3n) is 2.34. The summed E-state index contributed by atoms with van der Waals surface area (Å²) < 4.78 is 0. The van der Waals surface area contributed by atoms with E-state index in [2.05, 4.69) is 22.1 Å². The summed E-state index contributed by atoms with van der Waals surface area (Å²) in [5, 5.41) is 14.1. The molecule has 1 aromatic heterocycles. The second kappa shape index (κ2) is 6.69. The molecule has 0 aliphatic heterocycles. The number of aliphatic hydroxyl groups excluding tert-OH is 1. The topological polar surface area (TPSA) is 62.2 Å². The molecule has 2 N–H and O–H groups in total. The average molecular weight is 272 g/mol. The smallest absolute Gasteiger partial charge is 0.251 e. The fraction of sp³-hybridized carbons (Fsp3) is 0.143. The van der Waals surface area contributed by atoms with Crippen LogP contribution >= 0.6 is 11.3 Å². The molecule has 19 heavy (non-hydrogen) atoms. The number of rotatable bonds is 3. The number of benzene rings is 1. The molecule has 0 aliphatic rings. The Morgan fingerprint density at radius 1 is 1.37 bits per heavy atom. The number of hydrogen-bond donors (Lipinski definition) is 2. The number of nitrogens with zero attached hydrogens (tertiary/aromatic N) is 1. The molecular formula is C14H12N2O2S. The van der Waals surface area contributed by atoms with Crippen LogP contribution in [-0.2, 0) is 6.54 Å². The lowest BCUT2D eigenvalue weighted by molar-refractivity contribution is 0.0951. The highest BCUT2D eigenvalue weighted by atomic mass is 32.1. The molecule has 5 heteroatoms. The number of carbonyl (C=O) groups excluding carboxylic acids is 1. The zero-order chi connectivity index (χ0) is 13.5. The Kier molecular flexibility index (Phi) is 4.67. The van der Waals surface area contributed by atoms with Crippen molar-refractivity contribution < 1.29 is 9.90 Å². The van der Waals surface area contributed by atoms with E-state index in [4.69, 9.17) is 5.11 Å². The summed E-state index contributed by atoms with van der Waals surface area (Å²) in [5.41, 5.74) is 1.34. The number of carbonyl (C=O) groups is 1. The van der Waals surface area contributed by atoms with Gasteiger partial charge in [-0.05, 0) is 24.3 Å². The van der Waals surface area contributed by atoms with E-state index < -0.39 is 0 Å². The number of amides is 1. The molecule has 0 unspecified atom stereocenters. The first-order valence-corrected chi connectivity index (χ1v) is 6.54. The molecule has 0 bridgehead atoms. The lowest BCUT2D eigenvalue weighted by Crippen LogP contribution is -2.22. The minimum absolute atomic E-state index is 0.142. The first-order chi connectivity index (χ1) is 9.29. The number of nitrogens with one attached hydrogen (secondary N) is 1. The minimum Gasteiger partial charge on any atom is -0.384 e. The fourth-order valence-electron chi connectivity index (χ4n) is 1.44. The zero-order valence-corrected chi connectivity index (χ0v) is 10.9. The van der Waals surface area contributed by atoms with Gasteiger partial charge in [-0.2, -0.15) is 0 Å². The third kappa shape index (κ3) is 3.91. The largest absolute Gasteiger partial charge is 0.384 e. The lowest BCUT2D eigenvalue weighted by Gasteiger charge is -2.03. The van der Waals surface area contributed by atoms with E-state index in [1.807, 2.05) is 5.38 Å². The van der Waals surface area contributed by atoms with Crippen molar-refractivity contribution in [1.82, 2.24) is 10.3 Å². The SMILES string of the molecule is O=C(NCc1nccs1)c1ccc(C#CCO)cc1. The maximum atomic E-state index is 11.9. The Balaban J connectivity index is 1.95. The molecule has 96 valence electrons. The van der Waals surface area contributed by atoms with Crippen LogP contribution in [0.4, 0.5) is 0 Å². The molecule has 4 nitrogen and oxygen atoms in total. The van der Waals surface area contributed by atoms with Crippen molar-refractivity contribution in [1.29, 1.82) is 0 Å². The van der Waals surface area contributed by atoms with E-state index in [0.717, 1.165) is 10.6 Å². The van der Waals surface area contributed by atoms with Crippen LogP contribution in [0.1, 0.15) is 20.9 Å². The molecule has 0 saturated carbocycles. The highest BCUT2D eigenvalue weighted by Crippen LogP contribution is 2.06. The second-order valence-electron chi connectivity index (χ2n) is 3.65. The van der Waals surface area contributed by atoms with Crippen LogP contribution in [0.15, 0.2) is 35.8 Å². The second-order valence-corrected chi connectivity index (χ2v) is 4.62. The monoisotopic (exact) mass is 272 g/mol. The number of aliphatic hydroxyl groups is 1. The van der Waals surface area contributed by atoms with E-state index in [1.54, 1.807) is 30.5 Å². The summed E-state index contributed by atoms with van der Waals surface area (Å²) in [6.45, 7) is 0.263. The van der Waals surface area contributed by atoms with Crippen molar-refractivity contribution in [3.63, 3.8) is 0 Å². The van der Waals surface area contributed by atoms with Gasteiger partial charge in [-0.15, -0.1) is 11.3 Å². The quantitative estimate of drug-likeness (QED) is 0.831. The molecule has 0 fully saturated rings. The van der Waals surface area contributed by atoms with Gasteiger partial charge in [0.25, 0.3) is 5.91 Å². The van der Waals surface area contributed by atoms with Crippen molar-refractivity contribution in [3.8, 4) is 11.8 Å². The average Bonchev–Trinajstić information content (AvgIpc) is 2.96. The van der Waals surface area contributed by atoms with Crippen molar-refractivity contribution >= 4 is 17.2 Å². The highest BCUT2D eigenvalue weighted by molar-refractivity contribution is 7.09. The normalized spacial score (nSPS) is 9.53. The summed E-state index contributed by atoms with van der Waals surface area (Å²) >= 11 is 1.50. The summed E-state index contributed by atoms with van der Waals surface area (Å²) in [5.74, 6) is 5.19. The van der Waals surface area contributed by atoms with Gasteiger partial charge in [0.05, 0.1) is 6.54 Å². The van der Waals surface area contributed by atoms with Crippen molar-refractivity contribution in [2.24, 2.45) is 0 Å². The Morgan fingerprint density at radius 2 is 2.16 bits per heavy atom. The third-order valence-corrected chi connectivity index (χ3v) is 3.12. The Hall–Kier alpha value is -2.16. The predicted molar refractivity (Wildman–Crippen MR) is 73.7 cm³/mol. The summed E-state index contributed by atoms with van der Waals surface area (Å²) in [7, 11) is 0. The zero-order valence-electron chi connectivity index (χ0n) is 10.1. The fourth-order valence-corrected chi connectivity index (χ4v) is 2.00. The van der Waals surface area contributed by atoms with E-state index in [9.17, 15) is 4.79 Å². The maximum absolute atomic E-state index is 11.9.